The van der Waals surface area contributed by atoms with Crippen molar-refractivity contribution < 1.29 is 8.81 Å². The lowest BCUT2D eigenvalue weighted by Crippen LogP contribution is -2.11. The zero-order valence-corrected chi connectivity index (χ0v) is 18.3. The number of rotatable bonds is 6. The predicted molar refractivity (Wildman–Crippen MR) is 127 cm³/mol. The average Bonchev–Trinajstić information content (AvgIpc) is 3.62. The first kappa shape index (κ1) is 20.3. The van der Waals surface area contributed by atoms with E-state index in [9.17, 15) is 0 Å². The smallest absolute Gasteiger partial charge is 0.178 e. The van der Waals surface area contributed by atoms with Crippen molar-refractivity contribution in [2.45, 2.75) is 13.5 Å². The molecule has 0 aliphatic rings. The topological polar surface area (TPSA) is 108 Å². The molecule has 6 rings (SSSR count). The summed E-state index contributed by atoms with van der Waals surface area (Å²) in [6.07, 6.45) is 8.40. The number of hydrogen-bond donors (Lipinski definition) is 3. The number of halogens is 1. The Kier molecular flexibility index (Phi) is 4.88. The second-order valence-electron chi connectivity index (χ2n) is 7.94. The lowest BCUT2D eigenvalue weighted by atomic mass is 10.0. The fraction of sp³-hybridized carbons (Fsp3) is 0.120. The zero-order valence-electron chi connectivity index (χ0n) is 18.3. The van der Waals surface area contributed by atoms with Gasteiger partial charge in [-0.2, -0.15) is 5.10 Å². The van der Waals surface area contributed by atoms with Crippen molar-refractivity contribution in [3.05, 3.63) is 72.8 Å². The summed E-state index contributed by atoms with van der Waals surface area (Å²) in [7, 11) is 0. The molecule has 0 aliphatic heterocycles. The first-order valence-electron chi connectivity index (χ1n) is 10.9. The standard InChI is InChI=1S/C25H20FN7O/c1-2-27-10-14-9-16(12-28-11-14)17-3-4-19-20(21(17)26)23(33-32-19)25-30-22-18(15-6-8-34-13-15)5-7-29-24(22)31-25/h3-9,11-13,27H,2,10H2,1H3,(H,32,33)(H,29,30,31). The van der Waals surface area contributed by atoms with E-state index in [1.165, 1.54) is 0 Å². The molecule has 0 amide bonds. The molecule has 3 N–H and O–H groups in total. The number of imidazole rings is 1. The van der Waals surface area contributed by atoms with Crippen LogP contribution in [0.5, 0.6) is 0 Å². The Morgan fingerprint density at radius 1 is 1.09 bits per heavy atom. The number of nitrogens with one attached hydrogen (secondary N) is 3. The molecule has 0 fully saturated rings. The molecule has 0 saturated heterocycles. The number of benzene rings is 1. The Morgan fingerprint density at radius 2 is 2.03 bits per heavy atom. The van der Waals surface area contributed by atoms with E-state index in [-0.39, 0.29) is 5.82 Å². The molecule has 0 radical (unpaired) electrons. The summed E-state index contributed by atoms with van der Waals surface area (Å²) in [4.78, 5) is 16.5. The zero-order chi connectivity index (χ0) is 23.1. The molecule has 34 heavy (non-hydrogen) atoms. The van der Waals surface area contributed by atoms with E-state index in [0.29, 0.717) is 45.7 Å². The van der Waals surface area contributed by atoms with Crippen LogP contribution in [0.1, 0.15) is 12.5 Å². The van der Waals surface area contributed by atoms with E-state index in [0.717, 1.165) is 28.8 Å². The Bertz CT molecular complexity index is 1620. The fourth-order valence-electron chi connectivity index (χ4n) is 4.15. The minimum absolute atomic E-state index is 0.360. The number of aromatic nitrogens is 6. The molecule has 0 saturated carbocycles. The Hall–Kier alpha value is -4.37. The Labute approximate surface area is 193 Å². The quantitative estimate of drug-likeness (QED) is 0.325. The molecule has 0 spiro atoms. The maximum atomic E-state index is 15.9. The van der Waals surface area contributed by atoms with Gasteiger partial charge in [0.25, 0.3) is 0 Å². The van der Waals surface area contributed by atoms with Crippen molar-refractivity contribution in [1.82, 2.24) is 35.5 Å². The molecule has 8 nitrogen and oxygen atoms in total. The lowest BCUT2D eigenvalue weighted by molar-refractivity contribution is 0.568. The summed E-state index contributed by atoms with van der Waals surface area (Å²) < 4.78 is 21.1. The number of hydrogen-bond acceptors (Lipinski definition) is 6. The van der Waals surface area contributed by atoms with Gasteiger partial charge >= 0.3 is 0 Å². The van der Waals surface area contributed by atoms with Gasteiger partial charge in [-0.1, -0.05) is 6.92 Å². The van der Waals surface area contributed by atoms with E-state index in [4.69, 9.17) is 4.42 Å². The minimum atomic E-state index is -0.382. The Balaban J connectivity index is 1.48. The molecular formula is C25H20FN7O. The maximum absolute atomic E-state index is 15.9. The van der Waals surface area contributed by atoms with Crippen molar-refractivity contribution in [3.8, 4) is 33.8 Å². The van der Waals surface area contributed by atoms with Gasteiger partial charge in [-0.3, -0.25) is 10.1 Å². The molecule has 0 unspecified atom stereocenters. The number of H-pyrrole nitrogens is 2. The molecule has 9 heteroatoms. The summed E-state index contributed by atoms with van der Waals surface area (Å²) in [6, 6.07) is 9.25. The SMILES string of the molecule is CCNCc1cncc(-c2ccc3[nH]nc(-c4nc5nccc(-c6ccoc6)c5[nH]4)c3c2F)c1. The highest BCUT2D eigenvalue weighted by molar-refractivity contribution is 5.97. The van der Waals surface area contributed by atoms with E-state index in [1.807, 2.05) is 31.2 Å². The van der Waals surface area contributed by atoms with Crippen LogP contribution in [0.15, 0.2) is 65.9 Å². The van der Waals surface area contributed by atoms with Gasteiger partial charge in [0.1, 0.15) is 11.5 Å². The summed E-state index contributed by atoms with van der Waals surface area (Å²) in [6.45, 7) is 3.55. The number of aromatic amines is 2. The van der Waals surface area contributed by atoms with Crippen LogP contribution in [-0.2, 0) is 6.54 Å². The molecular weight excluding hydrogens is 433 g/mol. The number of nitrogens with zero attached hydrogens (tertiary/aromatic N) is 4. The van der Waals surface area contributed by atoms with Gasteiger partial charge < -0.3 is 14.7 Å². The van der Waals surface area contributed by atoms with Crippen LogP contribution in [0.3, 0.4) is 0 Å². The number of furan rings is 1. The van der Waals surface area contributed by atoms with Crippen LogP contribution in [0.2, 0.25) is 0 Å². The summed E-state index contributed by atoms with van der Waals surface area (Å²) in [5.74, 6) is 0.0480. The maximum Gasteiger partial charge on any atom is 0.178 e. The highest BCUT2D eigenvalue weighted by Crippen LogP contribution is 2.35. The fourth-order valence-corrected chi connectivity index (χ4v) is 4.15. The first-order valence-corrected chi connectivity index (χ1v) is 10.9. The van der Waals surface area contributed by atoms with Crippen LogP contribution in [-0.4, -0.2) is 36.7 Å². The second-order valence-corrected chi connectivity index (χ2v) is 7.94. The largest absolute Gasteiger partial charge is 0.472 e. The highest BCUT2D eigenvalue weighted by atomic mass is 19.1. The van der Waals surface area contributed by atoms with Crippen molar-refractivity contribution in [1.29, 1.82) is 0 Å². The predicted octanol–water partition coefficient (Wildman–Crippen LogP) is 5.07. The summed E-state index contributed by atoms with van der Waals surface area (Å²) in [5.41, 5.74) is 6.15. The van der Waals surface area contributed by atoms with Gasteiger partial charge in [0.15, 0.2) is 11.5 Å². The molecule has 0 aliphatic carbocycles. The number of pyridine rings is 2. The van der Waals surface area contributed by atoms with Crippen LogP contribution in [0, 0.1) is 5.82 Å². The van der Waals surface area contributed by atoms with Crippen molar-refractivity contribution in [2.24, 2.45) is 0 Å². The lowest BCUT2D eigenvalue weighted by Gasteiger charge is -2.07. The van der Waals surface area contributed by atoms with Gasteiger partial charge in [0, 0.05) is 47.4 Å². The van der Waals surface area contributed by atoms with Gasteiger partial charge in [-0.25, -0.2) is 14.4 Å². The molecule has 0 bridgehead atoms. The molecule has 1 aromatic carbocycles. The van der Waals surface area contributed by atoms with Crippen molar-refractivity contribution >= 4 is 22.1 Å². The van der Waals surface area contributed by atoms with Gasteiger partial charge in [0.05, 0.1) is 28.9 Å². The molecule has 0 atom stereocenters. The summed E-state index contributed by atoms with van der Waals surface area (Å²) >= 11 is 0. The molecule has 6 aromatic rings. The van der Waals surface area contributed by atoms with E-state index in [1.54, 1.807) is 37.2 Å². The third-order valence-electron chi connectivity index (χ3n) is 5.80. The minimum Gasteiger partial charge on any atom is -0.472 e. The molecule has 5 heterocycles. The highest BCUT2D eigenvalue weighted by Gasteiger charge is 2.20. The van der Waals surface area contributed by atoms with Gasteiger partial charge in [-0.05, 0) is 42.4 Å². The second kappa shape index (κ2) is 8.20. The van der Waals surface area contributed by atoms with Crippen LogP contribution in [0.4, 0.5) is 4.39 Å². The summed E-state index contributed by atoms with van der Waals surface area (Å²) in [5, 5.41) is 10.9. The van der Waals surface area contributed by atoms with Crippen LogP contribution >= 0.6 is 0 Å². The van der Waals surface area contributed by atoms with E-state index >= 15 is 4.39 Å². The third-order valence-corrected chi connectivity index (χ3v) is 5.80. The molecule has 5 aromatic heterocycles. The number of fused-ring (bicyclic) bond motifs is 2. The van der Waals surface area contributed by atoms with Crippen molar-refractivity contribution in [2.75, 3.05) is 6.54 Å². The Morgan fingerprint density at radius 3 is 2.88 bits per heavy atom. The first-order chi connectivity index (χ1) is 16.7. The van der Waals surface area contributed by atoms with Gasteiger partial charge in [0.2, 0.25) is 0 Å². The third kappa shape index (κ3) is 3.34. The van der Waals surface area contributed by atoms with Crippen LogP contribution < -0.4 is 5.32 Å². The van der Waals surface area contributed by atoms with E-state index in [2.05, 4.69) is 35.5 Å². The molecule has 168 valence electrons. The van der Waals surface area contributed by atoms with E-state index < -0.39 is 0 Å². The van der Waals surface area contributed by atoms with Crippen molar-refractivity contribution in [3.63, 3.8) is 0 Å². The van der Waals surface area contributed by atoms with Crippen LogP contribution in [0.25, 0.3) is 55.8 Å². The normalized spacial score (nSPS) is 11.6. The van der Waals surface area contributed by atoms with Gasteiger partial charge in [-0.15, -0.1) is 0 Å². The monoisotopic (exact) mass is 453 g/mol. The average molecular weight is 453 g/mol.